The van der Waals surface area contributed by atoms with Crippen LogP contribution in [0.15, 0.2) is 0 Å². The van der Waals surface area contributed by atoms with Crippen LogP contribution in [-0.2, 0) is 9.53 Å². The Labute approximate surface area is 164 Å². The van der Waals surface area contributed by atoms with Gasteiger partial charge in [-0.15, -0.1) is 0 Å². The molecule has 0 aromatic heterocycles. The lowest BCUT2D eigenvalue weighted by molar-refractivity contribution is -0.154. The van der Waals surface area contributed by atoms with Crippen LogP contribution in [0.2, 0.25) is 0 Å². The first kappa shape index (κ1) is 21.1. The number of nitrogens with two attached hydrogens (primary N) is 1. The van der Waals surface area contributed by atoms with E-state index in [0.717, 1.165) is 38.5 Å². The lowest BCUT2D eigenvalue weighted by Gasteiger charge is -2.57. The molecule has 3 fully saturated rings. The molecular formula is C22H39NO4. The molecule has 0 radical (unpaired) electrons. The maximum absolute atomic E-state index is 11.4. The number of rotatable bonds is 4. The van der Waals surface area contributed by atoms with Crippen molar-refractivity contribution in [2.45, 2.75) is 84.3 Å². The standard InChI is InChI=1S/C22H39NO4/c1-14(24)27-13-15-11-16(25)5-8-20(15,2)18-6-9-21(3)19(17(18)12-23)7-10-22(21,4)26/h15-19,25-26H,5-13,23H2,1-4H3/t15-,16+,17-,18+,19+,20+,21+,22+/m1/s1. The minimum Gasteiger partial charge on any atom is -0.466 e. The quantitative estimate of drug-likeness (QED) is 0.651. The third-order valence-corrected chi connectivity index (χ3v) is 9.11. The molecule has 0 heterocycles. The zero-order chi connectivity index (χ0) is 20.0. The summed E-state index contributed by atoms with van der Waals surface area (Å²) in [7, 11) is 0. The Morgan fingerprint density at radius 2 is 1.78 bits per heavy atom. The van der Waals surface area contributed by atoms with Crippen LogP contribution in [-0.4, -0.2) is 41.0 Å². The first-order chi connectivity index (χ1) is 12.5. The highest BCUT2D eigenvalue weighted by atomic mass is 16.5. The first-order valence-electron chi connectivity index (χ1n) is 10.8. The van der Waals surface area contributed by atoms with Crippen molar-refractivity contribution < 1.29 is 19.7 Å². The molecule has 8 atom stereocenters. The lowest BCUT2D eigenvalue weighted by atomic mass is 9.48. The topological polar surface area (TPSA) is 92.8 Å². The van der Waals surface area contributed by atoms with E-state index in [9.17, 15) is 15.0 Å². The van der Waals surface area contributed by atoms with Crippen molar-refractivity contribution in [3.8, 4) is 0 Å². The molecule has 3 saturated carbocycles. The van der Waals surface area contributed by atoms with Crippen molar-refractivity contribution in [1.82, 2.24) is 0 Å². The molecule has 3 aliphatic rings. The Morgan fingerprint density at radius 1 is 1.11 bits per heavy atom. The Kier molecular flexibility index (Phi) is 5.70. The van der Waals surface area contributed by atoms with Gasteiger partial charge in [0.1, 0.15) is 0 Å². The van der Waals surface area contributed by atoms with Crippen LogP contribution in [0.5, 0.6) is 0 Å². The average Bonchev–Trinajstić information content (AvgIpc) is 2.84. The summed E-state index contributed by atoms with van der Waals surface area (Å²) in [5.74, 6) is 1.17. The van der Waals surface area contributed by atoms with Gasteiger partial charge < -0.3 is 20.7 Å². The van der Waals surface area contributed by atoms with Gasteiger partial charge in [-0.25, -0.2) is 0 Å². The number of aliphatic hydroxyl groups excluding tert-OH is 1. The summed E-state index contributed by atoms with van der Waals surface area (Å²) in [6.45, 7) is 9.06. The van der Waals surface area contributed by atoms with Crippen molar-refractivity contribution in [2.24, 2.45) is 40.2 Å². The highest BCUT2D eigenvalue weighted by molar-refractivity contribution is 5.65. The molecule has 0 aromatic carbocycles. The van der Waals surface area contributed by atoms with Crippen LogP contribution in [0.1, 0.15) is 72.6 Å². The van der Waals surface area contributed by atoms with Gasteiger partial charge in [-0.05, 0) is 87.0 Å². The van der Waals surface area contributed by atoms with Gasteiger partial charge in [0.05, 0.1) is 18.3 Å². The molecule has 27 heavy (non-hydrogen) atoms. The molecule has 0 saturated heterocycles. The summed E-state index contributed by atoms with van der Waals surface area (Å²) in [4.78, 5) is 11.4. The average molecular weight is 382 g/mol. The first-order valence-corrected chi connectivity index (χ1v) is 10.8. The molecule has 0 unspecified atom stereocenters. The van der Waals surface area contributed by atoms with Crippen molar-refractivity contribution >= 4 is 5.97 Å². The number of hydrogen-bond donors (Lipinski definition) is 3. The van der Waals surface area contributed by atoms with Gasteiger partial charge in [0.25, 0.3) is 0 Å². The van der Waals surface area contributed by atoms with Crippen LogP contribution >= 0.6 is 0 Å². The third kappa shape index (κ3) is 3.44. The van der Waals surface area contributed by atoms with E-state index in [1.165, 1.54) is 6.92 Å². The van der Waals surface area contributed by atoms with Crippen LogP contribution in [0, 0.1) is 34.5 Å². The van der Waals surface area contributed by atoms with E-state index < -0.39 is 5.60 Å². The molecule has 0 bridgehead atoms. The van der Waals surface area contributed by atoms with Gasteiger partial charge in [0.15, 0.2) is 0 Å². The molecule has 4 N–H and O–H groups in total. The normalized spacial score (nSPS) is 50.3. The number of fused-ring (bicyclic) bond motifs is 1. The van der Waals surface area contributed by atoms with Gasteiger partial charge in [-0.2, -0.15) is 0 Å². The molecule has 0 amide bonds. The summed E-state index contributed by atoms with van der Waals surface area (Å²) in [6.07, 6.45) is 6.09. The number of esters is 1. The van der Waals surface area contributed by atoms with Crippen molar-refractivity contribution in [3.63, 3.8) is 0 Å². The largest absolute Gasteiger partial charge is 0.466 e. The number of ether oxygens (including phenoxy) is 1. The molecule has 5 nitrogen and oxygen atoms in total. The Bertz CT molecular complexity index is 565. The van der Waals surface area contributed by atoms with Crippen LogP contribution in [0.4, 0.5) is 0 Å². The SMILES string of the molecule is CC(=O)OC[C@H]1C[C@@H](O)CC[C@]1(C)[C@H]1CC[C@@]2(C)[C@@H](CC[C@]2(C)O)[C@@H]1CN. The number of hydrogen-bond acceptors (Lipinski definition) is 5. The van der Waals surface area contributed by atoms with Gasteiger partial charge in [0, 0.05) is 12.8 Å². The maximum Gasteiger partial charge on any atom is 0.302 e. The predicted molar refractivity (Wildman–Crippen MR) is 105 cm³/mol. The molecule has 5 heteroatoms. The Morgan fingerprint density at radius 3 is 2.41 bits per heavy atom. The molecule has 0 aliphatic heterocycles. The summed E-state index contributed by atoms with van der Waals surface area (Å²) in [5.41, 5.74) is 5.67. The van der Waals surface area contributed by atoms with Gasteiger partial charge in [0.2, 0.25) is 0 Å². The molecule has 156 valence electrons. The molecule has 0 spiro atoms. The second kappa shape index (κ2) is 7.31. The predicted octanol–water partition coefficient (Wildman–Crippen LogP) is 2.87. The van der Waals surface area contributed by atoms with Gasteiger partial charge in [-0.3, -0.25) is 4.79 Å². The second-order valence-corrected chi connectivity index (χ2v) is 10.3. The fourth-order valence-corrected chi connectivity index (χ4v) is 7.04. The zero-order valence-corrected chi connectivity index (χ0v) is 17.5. The fourth-order valence-electron chi connectivity index (χ4n) is 7.04. The fraction of sp³-hybridized carbons (Fsp3) is 0.955. The number of carbonyl (C=O) groups excluding carboxylic acids is 1. The highest BCUT2D eigenvalue weighted by Crippen LogP contribution is 2.64. The maximum atomic E-state index is 11.4. The van der Waals surface area contributed by atoms with E-state index in [-0.39, 0.29) is 28.8 Å². The number of carbonyl (C=O) groups is 1. The van der Waals surface area contributed by atoms with Crippen LogP contribution in [0.25, 0.3) is 0 Å². The van der Waals surface area contributed by atoms with Gasteiger partial charge >= 0.3 is 5.97 Å². The number of aliphatic hydroxyl groups is 2. The minimum atomic E-state index is -0.614. The molecule has 3 rings (SSSR count). The zero-order valence-electron chi connectivity index (χ0n) is 17.5. The van der Waals surface area contributed by atoms with Crippen LogP contribution < -0.4 is 5.73 Å². The lowest BCUT2D eigenvalue weighted by Crippen LogP contribution is -2.56. The van der Waals surface area contributed by atoms with Crippen molar-refractivity contribution in [2.75, 3.05) is 13.2 Å². The van der Waals surface area contributed by atoms with Crippen molar-refractivity contribution in [1.29, 1.82) is 0 Å². The summed E-state index contributed by atoms with van der Waals surface area (Å²) >= 11 is 0. The van der Waals surface area contributed by atoms with E-state index in [4.69, 9.17) is 10.5 Å². The Hall–Kier alpha value is -0.650. The summed E-state index contributed by atoms with van der Waals surface area (Å²) in [6, 6.07) is 0. The van der Waals surface area contributed by atoms with Crippen LogP contribution in [0.3, 0.4) is 0 Å². The van der Waals surface area contributed by atoms with E-state index in [1.807, 2.05) is 6.92 Å². The molecule has 0 aromatic rings. The van der Waals surface area contributed by atoms with Crippen molar-refractivity contribution in [3.05, 3.63) is 0 Å². The van der Waals surface area contributed by atoms with E-state index in [0.29, 0.717) is 37.3 Å². The second-order valence-electron chi connectivity index (χ2n) is 10.3. The van der Waals surface area contributed by atoms with E-state index >= 15 is 0 Å². The summed E-state index contributed by atoms with van der Waals surface area (Å²) in [5, 5.41) is 21.3. The Balaban J connectivity index is 1.87. The van der Waals surface area contributed by atoms with E-state index in [1.54, 1.807) is 0 Å². The molecular weight excluding hydrogens is 342 g/mol. The minimum absolute atomic E-state index is 0.00843. The molecule has 3 aliphatic carbocycles. The summed E-state index contributed by atoms with van der Waals surface area (Å²) < 4.78 is 5.40. The van der Waals surface area contributed by atoms with E-state index in [2.05, 4.69) is 13.8 Å². The smallest absolute Gasteiger partial charge is 0.302 e. The van der Waals surface area contributed by atoms with Gasteiger partial charge in [-0.1, -0.05) is 13.8 Å². The monoisotopic (exact) mass is 381 g/mol. The third-order valence-electron chi connectivity index (χ3n) is 9.11. The highest BCUT2D eigenvalue weighted by Gasteiger charge is 2.61.